The first-order valence-electron chi connectivity index (χ1n) is 4.40. The molecule has 1 aromatic carbocycles. The van der Waals surface area contributed by atoms with Crippen molar-refractivity contribution in [1.82, 2.24) is 0 Å². The van der Waals surface area contributed by atoms with Gasteiger partial charge in [0.25, 0.3) is 0 Å². The van der Waals surface area contributed by atoms with Gasteiger partial charge in [-0.2, -0.15) is 0 Å². The normalized spacial score (nSPS) is 12.1. The smallest absolute Gasteiger partial charge is 0.0378 e. The van der Waals surface area contributed by atoms with Gasteiger partial charge in [0.2, 0.25) is 0 Å². The Hall–Kier alpha value is -1.77. The molecule has 0 amide bonds. The van der Waals surface area contributed by atoms with Crippen molar-refractivity contribution in [2.24, 2.45) is 5.73 Å². The maximum Gasteiger partial charge on any atom is 0.0378 e. The second kappa shape index (κ2) is 3.96. The first kappa shape index (κ1) is 10.3. The molecule has 3 heteroatoms. The van der Waals surface area contributed by atoms with Gasteiger partial charge >= 0.3 is 0 Å². The molecule has 0 aromatic heterocycles. The molecule has 1 aromatic rings. The Bertz CT molecular complexity index is 370. The molecule has 0 atom stereocenters. The fraction of sp³-hybridized carbons (Fsp3) is 0.182. The fourth-order valence-electron chi connectivity index (χ4n) is 1.39. The van der Waals surface area contributed by atoms with Gasteiger partial charge in [-0.1, -0.05) is 12.1 Å². The van der Waals surface area contributed by atoms with Crippen LogP contribution in [-0.4, -0.2) is 5.71 Å². The number of hydrogen-bond donors (Lipinski definition) is 3. The molecule has 0 heterocycles. The standard InChI is InChI=1S/C11H15N3/c1-7(12)11(8(2)13)9-3-5-10(14)6-4-9/h3-6,12H,13-14H2,1-2H3/b11-8+,12-7?. The predicted octanol–water partition coefficient (Wildman–Crippen LogP) is 2.00. The number of nitrogens with one attached hydrogen (secondary N) is 1. The van der Waals surface area contributed by atoms with Gasteiger partial charge in [-0.3, -0.25) is 0 Å². The highest BCUT2D eigenvalue weighted by atomic mass is 14.6. The molecule has 0 aliphatic rings. The third-order valence-electron chi connectivity index (χ3n) is 1.97. The van der Waals surface area contributed by atoms with Crippen LogP contribution in [0.25, 0.3) is 5.57 Å². The molecular weight excluding hydrogens is 174 g/mol. The largest absolute Gasteiger partial charge is 0.402 e. The second-order valence-corrected chi connectivity index (χ2v) is 3.31. The summed E-state index contributed by atoms with van der Waals surface area (Å²) in [5.74, 6) is 0. The zero-order chi connectivity index (χ0) is 10.7. The lowest BCUT2D eigenvalue weighted by molar-refractivity contribution is 1.32. The minimum Gasteiger partial charge on any atom is -0.402 e. The number of allylic oxidation sites excluding steroid dienone is 2. The van der Waals surface area contributed by atoms with Gasteiger partial charge in [-0.05, 0) is 31.5 Å². The van der Waals surface area contributed by atoms with Gasteiger partial charge in [0, 0.05) is 22.7 Å². The number of anilines is 1. The average molecular weight is 189 g/mol. The molecule has 0 bridgehead atoms. The third kappa shape index (κ3) is 2.13. The zero-order valence-corrected chi connectivity index (χ0v) is 8.46. The predicted molar refractivity (Wildman–Crippen MR) is 61.0 cm³/mol. The van der Waals surface area contributed by atoms with Gasteiger partial charge < -0.3 is 16.9 Å². The van der Waals surface area contributed by atoms with Crippen LogP contribution >= 0.6 is 0 Å². The first-order valence-corrected chi connectivity index (χ1v) is 4.40. The van der Waals surface area contributed by atoms with Crippen LogP contribution in [0.4, 0.5) is 5.69 Å². The van der Waals surface area contributed by atoms with E-state index < -0.39 is 0 Å². The van der Waals surface area contributed by atoms with Crippen LogP contribution < -0.4 is 11.5 Å². The Morgan fingerprint density at radius 1 is 1.14 bits per heavy atom. The highest BCUT2D eigenvalue weighted by Gasteiger charge is 2.05. The lowest BCUT2D eigenvalue weighted by atomic mass is 10.00. The molecule has 0 aliphatic carbocycles. The molecule has 1 rings (SSSR count). The van der Waals surface area contributed by atoms with Crippen molar-refractivity contribution < 1.29 is 0 Å². The Kier molecular flexibility index (Phi) is 2.92. The molecule has 3 nitrogen and oxygen atoms in total. The van der Waals surface area contributed by atoms with E-state index >= 15 is 0 Å². The molecular formula is C11H15N3. The van der Waals surface area contributed by atoms with Crippen LogP contribution in [0.15, 0.2) is 30.0 Å². The fourth-order valence-corrected chi connectivity index (χ4v) is 1.39. The van der Waals surface area contributed by atoms with Crippen molar-refractivity contribution >= 4 is 17.0 Å². The summed E-state index contributed by atoms with van der Waals surface area (Å²) in [7, 11) is 0. The lowest BCUT2D eigenvalue weighted by Crippen LogP contribution is -2.04. The first-order chi connectivity index (χ1) is 6.52. The lowest BCUT2D eigenvalue weighted by Gasteiger charge is -2.08. The van der Waals surface area contributed by atoms with Crippen molar-refractivity contribution in [3.63, 3.8) is 0 Å². The molecule has 0 saturated heterocycles. The Balaban J connectivity index is 3.21. The van der Waals surface area contributed by atoms with E-state index in [-0.39, 0.29) is 0 Å². The minimum atomic E-state index is 0.467. The van der Waals surface area contributed by atoms with E-state index in [4.69, 9.17) is 16.9 Å². The minimum absolute atomic E-state index is 0.467. The van der Waals surface area contributed by atoms with Crippen LogP contribution in [0.2, 0.25) is 0 Å². The molecule has 0 radical (unpaired) electrons. The second-order valence-electron chi connectivity index (χ2n) is 3.31. The maximum atomic E-state index is 7.60. The van der Waals surface area contributed by atoms with Gasteiger partial charge in [0.1, 0.15) is 0 Å². The monoisotopic (exact) mass is 189 g/mol. The van der Waals surface area contributed by atoms with Crippen LogP contribution in [0.3, 0.4) is 0 Å². The van der Waals surface area contributed by atoms with Crippen molar-refractivity contribution in [2.45, 2.75) is 13.8 Å². The summed E-state index contributed by atoms with van der Waals surface area (Å²) in [5.41, 5.74) is 14.8. The van der Waals surface area contributed by atoms with E-state index in [1.54, 1.807) is 26.0 Å². The summed E-state index contributed by atoms with van der Waals surface area (Å²) < 4.78 is 0. The Morgan fingerprint density at radius 3 is 2.00 bits per heavy atom. The summed E-state index contributed by atoms with van der Waals surface area (Å²) in [6.45, 7) is 3.52. The van der Waals surface area contributed by atoms with Gasteiger partial charge in [0.15, 0.2) is 0 Å². The summed E-state index contributed by atoms with van der Waals surface area (Å²) in [6.07, 6.45) is 0. The highest BCUT2D eigenvalue weighted by molar-refractivity contribution is 6.21. The Labute approximate surface area is 83.9 Å². The maximum absolute atomic E-state index is 7.60. The molecule has 0 fully saturated rings. The summed E-state index contributed by atoms with van der Waals surface area (Å²) in [5, 5.41) is 7.60. The van der Waals surface area contributed by atoms with Crippen molar-refractivity contribution in [3.8, 4) is 0 Å². The molecule has 0 spiro atoms. The number of nitrogens with two attached hydrogens (primary N) is 2. The Morgan fingerprint density at radius 2 is 1.64 bits per heavy atom. The van der Waals surface area contributed by atoms with Crippen molar-refractivity contribution in [1.29, 1.82) is 5.41 Å². The van der Waals surface area contributed by atoms with E-state index in [1.807, 2.05) is 12.1 Å². The number of benzene rings is 1. The zero-order valence-electron chi connectivity index (χ0n) is 8.46. The number of nitrogen functional groups attached to an aromatic ring is 1. The van der Waals surface area contributed by atoms with Crippen molar-refractivity contribution in [2.75, 3.05) is 5.73 Å². The molecule has 0 unspecified atom stereocenters. The van der Waals surface area contributed by atoms with Gasteiger partial charge in [-0.25, -0.2) is 0 Å². The van der Waals surface area contributed by atoms with E-state index in [1.165, 1.54) is 0 Å². The van der Waals surface area contributed by atoms with Crippen LogP contribution in [0.1, 0.15) is 19.4 Å². The molecule has 0 saturated carbocycles. The van der Waals surface area contributed by atoms with E-state index in [0.29, 0.717) is 17.1 Å². The third-order valence-corrected chi connectivity index (χ3v) is 1.97. The molecule has 0 aliphatic heterocycles. The average Bonchev–Trinajstić information content (AvgIpc) is 2.07. The van der Waals surface area contributed by atoms with Crippen LogP contribution in [0, 0.1) is 5.41 Å². The van der Waals surface area contributed by atoms with E-state index in [0.717, 1.165) is 11.1 Å². The van der Waals surface area contributed by atoms with Gasteiger partial charge in [0.05, 0.1) is 0 Å². The number of rotatable bonds is 2. The quantitative estimate of drug-likeness (QED) is 0.491. The summed E-state index contributed by atoms with van der Waals surface area (Å²) in [6, 6.07) is 7.36. The number of hydrogen-bond acceptors (Lipinski definition) is 3. The van der Waals surface area contributed by atoms with Crippen LogP contribution in [0.5, 0.6) is 0 Å². The van der Waals surface area contributed by atoms with Crippen LogP contribution in [-0.2, 0) is 0 Å². The van der Waals surface area contributed by atoms with E-state index in [9.17, 15) is 0 Å². The van der Waals surface area contributed by atoms with Gasteiger partial charge in [-0.15, -0.1) is 0 Å². The van der Waals surface area contributed by atoms with E-state index in [2.05, 4.69) is 0 Å². The summed E-state index contributed by atoms with van der Waals surface area (Å²) >= 11 is 0. The highest BCUT2D eigenvalue weighted by Crippen LogP contribution is 2.18. The van der Waals surface area contributed by atoms with Crippen molar-refractivity contribution in [3.05, 3.63) is 35.5 Å². The topological polar surface area (TPSA) is 75.9 Å². The summed E-state index contributed by atoms with van der Waals surface area (Å²) in [4.78, 5) is 0. The molecule has 74 valence electrons. The molecule has 5 N–H and O–H groups in total. The SMILES string of the molecule is CC(=N)/C(=C(/C)N)c1ccc(N)cc1. The molecule has 14 heavy (non-hydrogen) atoms.